The zero-order valence-electron chi connectivity index (χ0n) is 5.98. The monoisotopic (exact) mass is 127 g/mol. The summed E-state index contributed by atoms with van der Waals surface area (Å²) < 4.78 is 5.26. The first-order valence-electron chi connectivity index (χ1n) is 3.32. The van der Waals surface area contributed by atoms with Crippen molar-refractivity contribution in [2.45, 2.75) is 32.8 Å². The summed E-state index contributed by atoms with van der Waals surface area (Å²) in [5, 5.41) is 0. The van der Waals surface area contributed by atoms with Crippen LogP contribution < -0.4 is 5.73 Å². The van der Waals surface area contributed by atoms with Crippen LogP contribution in [0.15, 0.2) is 11.5 Å². The van der Waals surface area contributed by atoms with E-state index in [2.05, 4.69) is 0 Å². The van der Waals surface area contributed by atoms with Gasteiger partial charge in [0, 0.05) is 0 Å². The molecule has 0 saturated heterocycles. The van der Waals surface area contributed by atoms with Crippen molar-refractivity contribution in [3.63, 3.8) is 0 Å². The highest BCUT2D eigenvalue weighted by Crippen LogP contribution is 2.19. The molecule has 0 aromatic rings. The van der Waals surface area contributed by atoms with Gasteiger partial charge < -0.3 is 10.5 Å². The normalized spacial score (nSPS) is 28.0. The molecule has 0 aliphatic carbocycles. The van der Waals surface area contributed by atoms with Gasteiger partial charge in [-0.05, 0) is 32.3 Å². The Kier molecular flexibility index (Phi) is 1.65. The number of nitrogens with two attached hydrogens (primary N) is 1. The minimum absolute atomic E-state index is 0.314. The lowest BCUT2D eigenvalue weighted by atomic mass is 10.1. The third kappa shape index (κ3) is 1.37. The summed E-state index contributed by atoms with van der Waals surface area (Å²) in [5.41, 5.74) is 6.71. The minimum atomic E-state index is 0.314. The molecule has 0 amide bonds. The largest absolute Gasteiger partial charge is 0.476 e. The van der Waals surface area contributed by atoms with Crippen LogP contribution >= 0.6 is 0 Å². The molecule has 2 nitrogen and oxygen atoms in total. The molecule has 0 spiro atoms. The van der Waals surface area contributed by atoms with E-state index < -0.39 is 0 Å². The number of allylic oxidation sites excluding steroid dienone is 1. The molecule has 0 saturated carbocycles. The van der Waals surface area contributed by atoms with Crippen LogP contribution in [0.3, 0.4) is 0 Å². The lowest BCUT2D eigenvalue weighted by molar-refractivity contribution is 0.104. The Morgan fingerprint density at radius 3 is 2.78 bits per heavy atom. The Labute approximate surface area is 55.7 Å². The molecule has 1 atom stereocenters. The maximum atomic E-state index is 5.53. The van der Waals surface area contributed by atoms with Crippen LogP contribution in [0.4, 0.5) is 0 Å². The van der Waals surface area contributed by atoms with E-state index in [1.807, 2.05) is 13.8 Å². The predicted octanol–water partition coefficient (Wildman–Crippen LogP) is 1.38. The standard InChI is InChI=1S/C7H13NO/c1-5-3-4-6(2)9-7(5)8/h6H,3-4,8H2,1-2H3. The zero-order valence-corrected chi connectivity index (χ0v) is 5.98. The average molecular weight is 127 g/mol. The van der Waals surface area contributed by atoms with Gasteiger partial charge in [0.15, 0.2) is 5.88 Å². The van der Waals surface area contributed by atoms with Crippen LogP contribution in [0, 0.1) is 0 Å². The molecule has 0 aromatic heterocycles. The fourth-order valence-electron chi connectivity index (χ4n) is 0.919. The van der Waals surface area contributed by atoms with Gasteiger partial charge in [0.05, 0.1) is 6.10 Å². The van der Waals surface area contributed by atoms with Crippen molar-refractivity contribution < 1.29 is 4.74 Å². The summed E-state index contributed by atoms with van der Waals surface area (Å²) in [6.07, 6.45) is 2.51. The van der Waals surface area contributed by atoms with E-state index >= 15 is 0 Å². The van der Waals surface area contributed by atoms with E-state index in [1.54, 1.807) is 0 Å². The van der Waals surface area contributed by atoms with Gasteiger partial charge in [-0.25, -0.2) is 0 Å². The summed E-state index contributed by atoms with van der Waals surface area (Å²) in [4.78, 5) is 0. The molecule has 0 fully saturated rings. The van der Waals surface area contributed by atoms with Crippen molar-refractivity contribution in [2.75, 3.05) is 0 Å². The van der Waals surface area contributed by atoms with Crippen molar-refractivity contribution in [1.29, 1.82) is 0 Å². The maximum Gasteiger partial charge on any atom is 0.183 e. The summed E-state index contributed by atoms with van der Waals surface area (Å²) in [7, 11) is 0. The topological polar surface area (TPSA) is 35.2 Å². The fourth-order valence-corrected chi connectivity index (χ4v) is 0.919. The maximum absolute atomic E-state index is 5.53. The minimum Gasteiger partial charge on any atom is -0.476 e. The van der Waals surface area contributed by atoms with Crippen molar-refractivity contribution in [2.24, 2.45) is 5.73 Å². The summed E-state index contributed by atoms with van der Waals surface area (Å²) in [6, 6.07) is 0. The highest BCUT2D eigenvalue weighted by Gasteiger charge is 2.12. The highest BCUT2D eigenvalue weighted by atomic mass is 16.5. The first-order valence-corrected chi connectivity index (χ1v) is 3.32. The van der Waals surface area contributed by atoms with Crippen LogP contribution in [-0.2, 0) is 4.74 Å². The summed E-state index contributed by atoms with van der Waals surface area (Å²) in [6.45, 7) is 4.06. The quantitative estimate of drug-likeness (QED) is 0.533. The van der Waals surface area contributed by atoms with Crippen LogP contribution in [0.2, 0.25) is 0 Å². The summed E-state index contributed by atoms with van der Waals surface area (Å²) >= 11 is 0. The Morgan fingerprint density at radius 1 is 1.67 bits per heavy atom. The molecule has 0 aromatic carbocycles. The second-order valence-electron chi connectivity index (χ2n) is 2.61. The van der Waals surface area contributed by atoms with E-state index in [4.69, 9.17) is 10.5 Å². The Balaban J connectivity index is 2.61. The molecule has 1 unspecified atom stereocenters. The average Bonchev–Trinajstić information content (AvgIpc) is 1.80. The van der Waals surface area contributed by atoms with Gasteiger partial charge in [-0.2, -0.15) is 0 Å². The van der Waals surface area contributed by atoms with Gasteiger partial charge >= 0.3 is 0 Å². The van der Waals surface area contributed by atoms with E-state index in [9.17, 15) is 0 Å². The predicted molar refractivity (Wildman–Crippen MR) is 36.7 cm³/mol. The second-order valence-corrected chi connectivity index (χ2v) is 2.61. The third-order valence-electron chi connectivity index (χ3n) is 1.67. The van der Waals surface area contributed by atoms with Gasteiger partial charge in [-0.15, -0.1) is 0 Å². The van der Waals surface area contributed by atoms with Gasteiger partial charge in [-0.1, -0.05) is 0 Å². The van der Waals surface area contributed by atoms with Crippen molar-refractivity contribution in [1.82, 2.24) is 0 Å². The first-order chi connectivity index (χ1) is 4.20. The molecule has 1 rings (SSSR count). The number of hydrogen-bond acceptors (Lipinski definition) is 2. The molecular weight excluding hydrogens is 114 g/mol. The van der Waals surface area contributed by atoms with Crippen LogP contribution in [0.25, 0.3) is 0 Å². The van der Waals surface area contributed by atoms with Crippen LogP contribution in [-0.4, -0.2) is 6.10 Å². The van der Waals surface area contributed by atoms with Crippen LogP contribution in [0.5, 0.6) is 0 Å². The molecule has 9 heavy (non-hydrogen) atoms. The fraction of sp³-hybridized carbons (Fsp3) is 0.714. The lowest BCUT2D eigenvalue weighted by Gasteiger charge is -2.21. The van der Waals surface area contributed by atoms with Crippen molar-refractivity contribution in [3.05, 3.63) is 11.5 Å². The van der Waals surface area contributed by atoms with E-state index in [0.29, 0.717) is 12.0 Å². The number of hydrogen-bond donors (Lipinski definition) is 1. The molecule has 2 heteroatoms. The van der Waals surface area contributed by atoms with E-state index in [1.165, 1.54) is 5.57 Å². The molecule has 1 heterocycles. The third-order valence-corrected chi connectivity index (χ3v) is 1.67. The Morgan fingerprint density at radius 2 is 2.33 bits per heavy atom. The smallest absolute Gasteiger partial charge is 0.183 e. The molecular formula is C7H13NO. The number of rotatable bonds is 0. The van der Waals surface area contributed by atoms with Crippen LogP contribution in [0.1, 0.15) is 26.7 Å². The molecule has 0 radical (unpaired) electrons. The van der Waals surface area contributed by atoms with Gasteiger partial charge in [0.25, 0.3) is 0 Å². The van der Waals surface area contributed by atoms with E-state index in [0.717, 1.165) is 12.8 Å². The molecule has 2 N–H and O–H groups in total. The molecule has 1 aliphatic heterocycles. The van der Waals surface area contributed by atoms with Gasteiger partial charge in [0.2, 0.25) is 0 Å². The molecule has 0 bridgehead atoms. The highest BCUT2D eigenvalue weighted by molar-refractivity contribution is 5.05. The molecule has 1 aliphatic rings. The first kappa shape index (κ1) is 6.46. The second kappa shape index (κ2) is 2.29. The van der Waals surface area contributed by atoms with E-state index in [-0.39, 0.29) is 0 Å². The Hall–Kier alpha value is -0.660. The molecule has 52 valence electrons. The van der Waals surface area contributed by atoms with Gasteiger partial charge in [0.1, 0.15) is 0 Å². The lowest BCUT2D eigenvalue weighted by Crippen LogP contribution is -2.19. The zero-order chi connectivity index (χ0) is 6.85. The van der Waals surface area contributed by atoms with Gasteiger partial charge in [-0.3, -0.25) is 0 Å². The van der Waals surface area contributed by atoms with Crippen molar-refractivity contribution in [3.8, 4) is 0 Å². The van der Waals surface area contributed by atoms with Crippen molar-refractivity contribution >= 4 is 0 Å². The number of ether oxygens (including phenoxy) is 1. The Bertz CT molecular complexity index is 140. The SMILES string of the molecule is CC1=C(N)OC(C)CC1. The summed E-state index contributed by atoms with van der Waals surface area (Å²) in [5.74, 6) is 0.633.